The second kappa shape index (κ2) is 3.70. The molecule has 0 spiro atoms. The van der Waals surface area contributed by atoms with Crippen molar-refractivity contribution in [3.63, 3.8) is 0 Å². The third kappa shape index (κ3) is 1.61. The van der Waals surface area contributed by atoms with Gasteiger partial charge in [0.1, 0.15) is 0 Å². The van der Waals surface area contributed by atoms with Crippen molar-refractivity contribution in [1.82, 2.24) is 0 Å². The number of benzene rings is 1. The Balaban J connectivity index is 0.000000720. The van der Waals surface area contributed by atoms with Crippen molar-refractivity contribution in [2.45, 2.75) is 20.3 Å². The third-order valence-corrected chi connectivity index (χ3v) is 2.27. The summed E-state index contributed by atoms with van der Waals surface area (Å²) in [5.41, 5.74) is 5.82. The van der Waals surface area contributed by atoms with E-state index in [1.807, 2.05) is 0 Å². The van der Waals surface area contributed by atoms with Crippen molar-refractivity contribution in [1.29, 1.82) is 0 Å². The second-order valence-electron chi connectivity index (χ2n) is 3.32. The zero-order valence-corrected chi connectivity index (χ0v) is 9.97. The number of hydrogen-bond acceptors (Lipinski definition) is 0. The molecule has 0 nitrogen and oxygen atoms in total. The number of fused-ring (bicyclic) bond motifs is 1. The van der Waals surface area contributed by atoms with E-state index in [2.05, 4.69) is 38.1 Å². The first-order valence-corrected chi connectivity index (χ1v) is 4.03. The van der Waals surface area contributed by atoms with Gasteiger partial charge >= 0.3 is 0 Å². The van der Waals surface area contributed by atoms with Crippen molar-refractivity contribution in [2.24, 2.45) is 0 Å². The molecule has 0 aromatic heterocycles. The Morgan fingerprint density at radius 2 is 1.92 bits per heavy atom. The number of hydrogen-bond donors (Lipinski definition) is 0. The number of aryl methyl sites for hydroxylation is 1. The van der Waals surface area contributed by atoms with Gasteiger partial charge in [0.25, 0.3) is 0 Å². The monoisotopic (exact) mass is 234 g/mol. The van der Waals surface area contributed by atoms with Gasteiger partial charge < -0.3 is 0 Å². The molecule has 1 aliphatic rings. The van der Waals surface area contributed by atoms with E-state index in [9.17, 15) is 0 Å². The van der Waals surface area contributed by atoms with Crippen LogP contribution in [0.3, 0.4) is 0 Å². The van der Waals surface area contributed by atoms with Crippen molar-refractivity contribution in [3.8, 4) is 0 Å². The van der Waals surface area contributed by atoms with Gasteiger partial charge in [-0.2, -0.15) is 0 Å². The van der Waals surface area contributed by atoms with E-state index < -0.39 is 0 Å². The fourth-order valence-electron chi connectivity index (χ4n) is 1.70. The fourth-order valence-corrected chi connectivity index (χ4v) is 1.70. The van der Waals surface area contributed by atoms with Gasteiger partial charge in [-0.3, -0.25) is 0 Å². The molecule has 0 fully saturated rings. The summed E-state index contributed by atoms with van der Waals surface area (Å²) in [5.74, 6) is 0. The molecule has 2 rings (SSSR count). The number of allylic oxidation sites excluding steroid dienone is 1. The molecule has 0 unspecified atom stereocenters. The summed E-state index contributed by atoms with van der Waals surface area (Å²) in [5, 5.41) is 0. The summed E-state index contributed by atoms with van der Waals surface area (Å²) in [4.78, 5) is 0. The van der Waals surface area contributed by atoms with Crippen LogP contribution in [0.5, 0.6) is 0 Å². The zero-order valence-electron chi connectivity index (χ0n) is 7.52. The summed E-state index contributed by atoms with van der Waals surface area (Å²) >= 11 is 0. The molecule has 0 heterocycles. The van der Waals surface area contributed by atoms with Crippen LogP contribution in [0, 0.1) is 6.92 Å². The van der Waals surface area contributed by atoms with Crippen LogP contribution in [-0.4, -0.2) is 0 Å². The van der Waals surface area contributed by atoms with Gasteiger partial charge in [-0.25, -0.2) is 0 Å². The molecule has 1 aromatic carbocycles. The summed E-state index contributed by atoms with van der Waals surface area (Å²) in [7, 11) is 0. The van der Waals surface area contributed by atoms with Crippen LogP contribution in [0.2, 0.25) is 0 Å². The molecule has 12 heavy (non-hydrogen) atoms. The average molecular weight is 235 g/mol. The van der Waals surface area contributed by atoms with Gasteiger partial charge in [0.15, 0.2) is 0 Å². The first kappa shape index (κ1) is 9.93. The minimum absolute atomic E-state index is 0. The van der Waals surface area contributed by atoms with E-state index in [1.54, 1.807) is 0 Å². The van der Waals surface area contributed by atoms with Gasteiger partial charge in [0, 0.05) is 26.2 Å². The second-order valence-corrected chi connectivity index (χ2v) is 3.32. The fraction of sp³-hybridized carbons (Fsp3) is 0.273. The van der Waals surface area contributed by atoms with Gasteiger partial charge in [0.05, 0.1) is 0 Å². The van der Waals surface area contributed by atoms with Gasteiger partial charge in [0.2, 0.25) is 0 Å². The van der Waals surface area contributed by atoms with Crippen molar-refractivity contribution in [2.75, 3.05) is 0 Å². The quantitative estimate of drug-likeness (QED) is 0.648. The van der Waals surface area contributed by atoms with Crippen LogP contribution in [0.1, 0.15) is 23.6 Å². The van der Waals surface area contributed by atoms with Crippen molar-refractivity contribution < 1.29 is 26.2 Å². The molecule has 0 saturated carbocycles. The predicted octanol–water partition coefficient (Wildman–Crippen LogP) is 2.95. The Kier molecular flexibility index (Phi) is 3.06. The largest absolute Gasteiger partial charge is 0.0683 e. The maximum absolute atomic E-state index is 2.30. The minimum atomic E-state index is 0. The molecule has 0 saturated heterocycles. The van der Waals surface area contributed by atoms with E-state index in [4.69, 9.17) is 0 Å². The molecule has 60 valence electrons. The van der Waals surface area contributed by atoms with Crippen LogP contribution in [0.25, 0.3) is 6.08 Å². The van der Waals surface area contributed by atoms with Crippen molar-refractivity contribution >= 4 is 6.08 Å². The average Bonchev–Trinajstić information content (AvgIpc) is 2.31. The molecular formula is C11H12Zr. The summed E-state index contributed by atoms with van der Waals surface area (Å²) < 4.78 is 0. The SMILES string of the molecule is CC1=Cc2c(C)cccc2C1.[Zr]. The zero-order chi connectivity index (χ0) is 7.84. The Morgan fingerprint density at radius 1 is 1.17 bits per heavy atom. The molecule has 0 radical (unpaired) electrons. The summed E-state index contributed by atoms with van der Waals surface area (Å²) in [6.45, 7) is 4.37. The smallest absolute Gasteiger partial charge is 0 e. The van der Waals surface area contributed by atoms with Gasteiger partial charge in [-0.05, 0) is 37.0 Å². The predicted molar refractivity (Wildman–Crippen MR) is 48.5 cm³/mol. The normalized spacial score (nSPS) is 13.3. The summed E-state index contributed by atoms with van der Waals surface area (Å²) in [6.07, 6.45) is 3.45. The molecule has 0 N–H and O–H groups in total. The molecule has 0 bridgehead atoms. The minimum Gasteiger partial charge on any atom is -0.0683 e. The van der Waals surface area contributed by atoms with Gasteiger partial charge in [-0.15, -0.1) is 0 Å². The molecular weight excluding hydrogens is 223 g/mol. The van der Waals surface area contributed by atoms with Crippen LogP contribution in [-0.2, 0) is 32.6 Å². The van der Waals surface area contributed by atoms with Crippen LogP contribution >= 0.6 is 0 Å². The van der Waals surface area contributed by atoms with E-state index >= 15 is 0 Å². The van der Waals surface area contributed by atoms with Crippen LogP contribution < -0.4 is 0 Å². The molecule has 1 heteroatoms. The Hall–Kier alpha value is -0.157. The van der Waals surface area contributed by atoms with E-state index in [-0.39, 0.29) is 26.2 Å². The molecule has 0 aliphatic heterocycles. The Bertz CT molecular complexity index is 324. The Labute approximate surface area is 92.8 Å². The maximum atomic E-state index is 2.30. The molecule has 0 amide bonds. The third-order valence-electron chi connectivity index (χ3n) is 2.27. The maximum Gasteiger partial charge on any atom is 0 e. The first-order valence-electron chi connectivity index (χ1n) is 4.03. The van der Waals surface area contributed by atoms with E-state index in [0.29, 0.717) is 0 Å². The molecule has 0 atom stereocenters. The molecule has 1 aliphatic carbocycles. The Morgan fingerprint density at radius 3 is 2.58 bits per heavy atom. The van der Waals surface area contributed by atoms with Crippen molar-refractivity contribution in [3.05, 3.63) is 40.5 Å². The first-order chi connectivity index (χ1) is 5.27. The number of rotatable bonds is 0. The molecule has 1 aromatic rings. The standard InChI is InChI=1S/C11H12.Zr/c1-8-6-10-5-3-4-9(2)11(10)7-8;/h3-5,7H,6H2,1-2H3;. The topological polar surface area (TPSA) is 0 Å². The van der Waals surface area contributed by atoms with Gasteiger partial charge in [-0.1, -0.05) is 29.8 Å². The van der Waals surface area contributed by atoms with E-state index in [0.717, 1.165) is 6.42 Å². The van der Waals surface area contributed by atoms with Crippen LogP contribution in [0.4, 0.5) is 0 Å². The summed E-state index contributed by atoms with van der Waals surface area (Å²) in [6, 6.07) is 6.53. The van der Waals surface area contributed by atoms with Crippen LogP contribution in [0.15, 0.2) is 23.8 Å². The van der Waals surface area contributed by atoms with E-state index in [1.165, 1.54) is 22.3 Å².